The summed E-state index contributed by atoms with van der Waals surface area (Å²) in [6.45, 7) is 6.00. The molecular weight excluding hydrogens is 260 g/mol. The fourth-order valence-electron chi connectivity index (χ4n) is 1.86. The van der Waals surface area contributed by atoms with Crippen LogP contribution >= 0.6 is 11.3 Å². The number of esters is 1. The van der Waals surface area contributed by atoms with E-state index in [9.17, 15) is 4.79 Å². The first-order valence-electron chi connectivity index (χ1n) is 6.23. The lowest BCUT2D eigenvalue weighted by Gasteiger charge is -2.18. The van der Waals surface area contributed by atoms with Gasteiger partial charge in [0.1, 0.15) is 6.04 Å². The summed E-state index contributed by atoms with van der Waals surface area (Å²) in [7, 11) is 1.40. The highest BCUT2D eigenvalue weighted by molar-refractivity contribution is 7.22. The second-order valence-electron chi connectivity index (χ2n) is 4.88. The number of hydrogen-bond acceptors (Lipinski definition) is 5. The van der Waals surface area contributed by atoms with Gasteiger partial charge in [0.15, 0.2) is 5.13 Å². The van der Waals surface area contributed by atoms with Gasteiger partial charge in [0, 0.05) is 0 Å². The van der Waals surface area contributed by atoms with Crippen molar-refractivity contribution in [2.45, 2.75) is 26.8 Å². The highest BCUT2D eigenvalue weighted by atomic mass is 32.1. The average Bonchev–Trinajstić information content (AvgIpc) is 2.76. The number of rotatable bonds is 4. The largest absolute Gasteiger partial charge is 0.467 e. The molecule has 2 rings (SSSR count). The van der Waals surface area contributed by atoms with Crippen molar-refractivity contribution in [1.29, 1.82) is 0 Å². The van der Waals surface area contributed by atoms with E-state index in [0.29, 0.717) is 0 Å². The smallest absolute Gasteiger partial charge is 0.328 e. The zero-order chi connectivity index (χ0) is 14.0. The molecule has 1 atom stereocenters. The lowest BCUT2D eigenvalue weighted by Crippen LogP contribution is -2.35. The molecule has 0 saturated heterocycles. The standard InChI is InChI=1S/C14H18N2O2S/c1-8(2)12(13(17)18-4)16-14-15-10-7-9(3)5-6-11(10)19-14/h5-8,12H,1-4H3,(H,15,16). The van der Waals surface area contributed by atoms with Crippen LogP contribution in [-0.2, 0) is 9.53 Å². The Balaban J connectivity index is 2.26. The van der Waals surface area contributed by atoms with Gasteiger partial charge in [-0.15, -0.1) is 0 Å². The molecule has 1 N–H and O–H groups in total. The molecule has 0 fully saturated rings. The van der Waals surface area contributed by atoms with Crippen molar-refractivity contribution in [3.05, 3.63) is 23.8 Å². The topological polar surface area (TPSA) is 51.2 Å². The first-order chi connectivity index (χ1) is 9.01. The van der Waals surface area contributed by atoms with Crippen LogP contribution in [0.15, 0.2) is 18.2 Å². The first kappa shape index (κ1) is 13.8. The van der Waals surface area contributed by atoms with Gasteiger partial charge in [0.05, 0.1) is 17.3 Å². The number of nitrogens with one attached hydrogen (secondary N) is 1. The minimum Gasteiger partial charge on any atom is -0.467 e. The van der Waals surface area contributed by atoms with Crippen molar-refractivity contribution in [1.82, 2.24) is 4.98 Å². The highest BCUT2D eigenvalue weighted by Crippen LogP contribution is 2.27. The molecule has 1 unspecified atom stereocenters. The van der Waals surface area contributed by atoms with Crippen LogP contribution in [0.25, 0.3) is 10.2 Å². The molecular formula is C14H18N2O2S. The zero-order valence-electron chi connectivity index (χ0n) is 11.6. The number of aryl methyl sites for hydroxylation is 1. The summed E-state index contributed by atoms with van der Waals surface area (Å²) in [5.74, 6) is -0.119. The van der Waals surface area contributed by atoms with E-state index in [4.69, 9.17) is 4.74 Å². The van der Waals surface area contributed by atoms with Crippen LogP contribution in [0.4, 0.5) is 5.13 Å². The van der Waals surface area contributed by atoms with E-state index in [0.717, 1.165) is 15.3 Å². The Morgan fingerprint density at radius 2 is 2.16 bits per heavy atom. The van der Waals surface area contributed by atoms with E-state index in [2.05, 4.69) is 22.4 Å². The van der Waals surface area contributed by atoms with Crippen molar-refractivity contribution in [3.63, 3.8) is 0 Å². The molecule has 5 heteroatoms. The number of carbonyl (C=O) groups excluding carboxylic acids is 1. The van der Waals surface area contributed by atoms with Gasteiger partial charge < -0.3 is 10.1 Å². The van der Waals surface area contributed by atoms with E-state index in [1.54, 1.807) is 11.3 Å². The minimum absolute atomic E-state index is 0.140. The zero-order valence-corrected chi connectivity index (χ0v) is 12.4. The number of carbonyl (C=O) groups is 1. The number of aromatic nitrogens is 1. The van der Waals surface area contributed by atoms with E-state index in [1.165, 1.54) is 12.7 Å². The number of benzene rings is 1. The Bertz CT molecular complexity index is 592. The normalized spacial score (nSPS) is 12.7. The third-order valence-corrected chi connectivity index (χ3v) is 3.91. The Labute approximate surface area is 116 Å². The van der Waals surface area contributed by atoms with Gasteiger partial charge in [0.25, 0.3) is 0 Å². The van der Waals surface area contributed by atoms with Crippen molar-refractivity contribution in [2.24, 2.45) is 5.92 Å². The molecule has 1 heterocycles. The summed E-state index contributed by atoms with van der Waals surface area (Å²) in [6.07, 6.45) is 0. The van der Waals surface area contributed by atoms with Crippen molar-refractivity contribution in [3.8, 4) is 0 Å². The predicted octanol–water partition coefficient (Wildman–Crippen LogP) is 3.21. The maximum Gasteiger partial charge on any atom is 0.328 e. The number of fused-ring (bicyclic) bond motifs is 1. The van der Waals surface area contributed by atoms with Gasteiger partial charge in [-0.1, -0.05) is 31.3 Å². The van der Waals surface area contributed by atoms with E-state index >= 15 is 0 Å². The molecule has 0 aliphatic carbocycles. The van der Waals surface area contributed by atoms with Gasteiger partial charge >= 0.3 is 5.97 Å². The third-order valence-electron chi connectivity index (χ3n) is 2.94. The summed E-state index contributed by atoms with van der Waals surface area (Å²) >= 11 is 1.55. The predicted molar refractivity (Wildman–Crippen MR) is 78.6 cm³/mol. The molecule has 19 heavy (non-hydrogen) atoms. The Morgan fingerprint density at radius 1 is 1.42 bits per heavy atom. The van der Waals surface area contributed by atoms with Crippen LogP contribution < -0.4 is 5.32 Å². The molecule has 1 aromatic carbocycles. The summed E-state index contributed by atoms with van der Waals surface area (Å²) in [5, 5.41) is 3.93. The van der Waals surface area contributed by atoms with Gasteiger partial charge in [-0.3, -0.25) is 0 Å². The van der Waals surface area contributed by atoms with E-state index in [-0.39, 0.29) is 17.9 Å². The second-order valence-corrected chi connectivity index (χ2v) is 5.91. The Kier molecular flexibility index (Phi) is 4.04. The number of hydrogen-bond donors (Lipinski definition) is 1. The molecule has 0 saturated carbocycles. The van der Waals surface area contributed by atoms with Gasteiger partial charge in [0.2, 0.25) is 0 Å². The molecule has 0 bridgehead atoms. The first-order valence-corrected chi connectivity index (χ1v) is 7.04. The van der Waals surface area contributed by atoms with E-state index in [1.807, 2.05) is 26.8 Å². The second kappa shape index (κ2) is 5.57. The number of anilines is 1. The van der Waals surface area contributed by atoms with Crippen LogP contribution in [0, 0.1) is 12.8 Å². The molecule has 0 amide bonds. The average molecular weight is 278 g/mol. The molecule has 4 nitrogen and oxygen atoms in total. The molecule has 0 radical (unpaired) electrons. The fraction of sp³-hybridized carbons (Fsp3) is 0.429. The lowest BCUT2D eigenvalue weighted by molar-refractivity contribution is -0.142. The van der Waals surface area contributed by atoms with E-state index < -0.39 is 0 Å². The molecule has 2 aromatic rings. The maximum atomic E-state index is 11.7. The molecule has 102 valence electrons. The summed E-state index contributed by atoms with van der Waals surface area (Å²) in [6, 6.07) is 5.78. The van der Waals surface area contributed by atoms with Gasteiger partial charge in [-0.05, 0) is 30.5 Å². The van der Waals surface area contributed by atoms with Crippen LogP contribution in [0.1, 0.15) is 19.4 Å². The summed E-state index contributed by atoms with van der Waals surface area (Å²) in [4.78, 5) is 16.2. The number of ether oxygens (including phenoxy) is 1. The Morgan fingerprint density at radius 3 is 2.79 bits per heavy atom. The van der Waals surface area contributed by atoms with Crippen molar-refractivity contribution in [2.75, 3.05) is 12.4 Å². The van der Waals surface area contributed by atoms with Crippen molar-refractivity contribution < 1.29 is 9.53 Å². The monoisotopic (exact) mass is 278 g/mol. The molecule has 0 aliphatic rings. The third kappa shape index (κ3) is 3.04. The van der Waals surface area contributed by atoms with Gasteiger partial charge in [-0.2, -0.15) is 0 Å². The highest BCUT2D eigenvalue weighted by Gasteiger charge is 2.23. The number of methoxy groups -OCH3 is 1. The molecule has 0 spiro atoms. The van der Waals surface area contributed by atoms with Crippen LogP contribution in [0.5, 0.6) is 0 Å². The molecule has 0 aliphatic heterocycles. The van der Waals surface area contributed by atoms with Crippen LogP contribution in [0.3, 0.4) is 0 Å². The summed E-state index contributed by atoms with van der Waals surface area (Å²) < 4.78 is 5.93. The Hall–Kier alpha value is -1.62. The maximum absolute atomic E-state index is 11.7. The van der Waals surface area contributed by atoms with Crippen molar-refractivity contribution >= 4 is 32.7 Å². The SMILES string of the molecule is COC(=O)C(Nc1nc2cc(C)ccc2s1)C(C)C. The quantitative estimate of drug-likeness (QED) is 0.872. The number of thiazole rings is 1. The van der Waals surface area contributed by atoms with Crippen LogP contribution in [0.2, 0.25) is 0 Å². The molecule has 1 aromatic heterocycles. The summed E-state index contributed by atoms with van der Waals surface area (Å²) in [5.41, 5.74) is 2.14. The van der Waals surface area contributed by atoms with Gasteiger partial charge in [-0.25, -0.2) is 9.78 Å². The fourth-order valence-corrected chi connectivity index (χ4v) is 2.74. The van der Waals surface area contributed by atoms with Crippen LogP contribution in [-0.4, -0.2) is 24.1 Å². The minimum atomic E-state index is -0.369. The lowest BCUT2D eigenvalue weighted by atomic mass is 10.1. The number of nitrogens with zero attached hydrogens (tertiary/aromatic N) is 1.